The molecule has 2 rings (SSSR count). The minimum Gasteiger partial charge on any atom is -0.398 e. The lowest BCUT2D eigenvalue weighted by atomic mass is 9.96. The summed E-state index contributed by atoms with van der Waals surface area (Å²) in [5, 5.41) is 0. The van der Waals surface area contributed by atoms with Crippen LogP contribution in [0.2, 0.25) is 0 Å². The highest BCUT2D eigenvalue weighted by Crippen LogP contribution is 2.28. The van der Waals surface area contributed by atoms with Crippen LogP contribution < -0.4 is 5.73 Å². The predicted molar refractivity (Wildman–Crippen MR) is 82.1 cm³/mol. The molecule has 5 heteroatoms. The van der Waals surface area contributed by atoms with Crippen molar-refractivity contribution in [2.24, 2.45) is 5.92 Å². The quantitative estimate of drug-likeness (QED) is 0.872. The Balaban J connectivity index is 2.27. The van der Waals surface area contributed by atoms with E-state index in [1.165, 1.54) is 0 Å². The van der Waals surface area contributed by atoms with Gasteiger partial charge in [-0.1, -0.05) is 13.3 Å². The summed E-state index contributed by atoms with van der Waals surface area (Å²) in [4.78, 5) is 0.327. The normalized spacial score (nSPS) is 18.4. The summed E-state index contributed by atoms with van der Waals surface area (Å²) >= 11 is 0. The molecule has 0 radical (unpaired) electrons. The van der Waals surface area contributed by atoms with Crippen LogP contribution in [0.15, 0.2) is 17.0 Å². The van der Waals surface area contributed by atoms with E-state index in [2.05, 4.69) is 6.92 Å². The van der Waals surface area contributed by atoms with E-state index >= 15 is 0 Å². The molecule has 0 spiro atoms. The second kappa shape index (κ2) is 5.74. The van der Waals surface area contributed by atoms with E-state index in [1.54, 1.807) is 16.4 Å². The first-order valence-electron chi connectivity index (χ1n) is 7.23. The van der Waals surface area contributed by atoms with Crippen LogP contribution in [0.1, 0.15) is 37.3 Å². The van der Waals surface area contributed by atoms with Crippen LogP contribution in [0.4, 0.5) is 5.69 Å². The zero-order valence-electron chi connectivity index (χ0n) is 12.5. The number of nitrogens with two attached hydrogens (primary N) is 1. The number of hydrogen-bond donors (Lipinski definition) is 1. The summed E-state index contributed by atoms with van der Waals surface area (Å²) in [7, 11) is -3.40. The van der Waals surface area contributed by atoms with Gasteiger partial charge >= 0.3 is 0 Å². The maximum Gasteiger partial charge on any atom is 0.243 e. The average molecular weight is 296 g/mol. The number of sulfonamides is 1. The Kier molecular flexibility index (Phi) is 4.39. The Hall–Kier alpha value is -1.07. The standard InChI is InChI=1S/C15H24N2O2S/c1-4-13-5-7-17(8-6-13)20(18,19)14-9-11(2)12(3)15(16)10-14/h9-10,13H,4-8,16H2,1-3H3. The molecular weight excluding hydrogens is 272 g/mol. The predicted octanol–water partition coefficient (Wildman–Crippen LogP) is 2.70. The fourth-order valence-corrected chi connectivity index (χ4v) is 4.30. The maximum atomic E-state index is 12.7. The number of hydrogen-bond acceptors (Lipinski definition) is 3. The summed E-state index contributed by atoms with van der Waals surface area (Å²) < 4.78 is 26.9. The third kappa shape index (κ3) is 2.83. The van der Waals surface area contributed by atoms with E-state index in [0.29, 0.717) is 29.6 Å². The number of rotatable bonds is 3. The lowest BCUT2D eigenvalue weighted by molar-refractivity contribution is 0.269. The van der Waals surface area contributed by atoms with Gasteiger partial charge < -0.3 is 5.73 Å². The number of anilines is 1. The molecule has 0 amide bonds. The Labute approximate surface area is 122 Å². The highest BCUT2D eigenvalue weighted by Gasteiger charge is 2.29. The monoisotopic (exact) mass is 296 g/mol. The first-order chi connectivity index (χ1) is 9.36. The van der Waals surface area contributed by atoms with Gasteiger partial charge in [0.2, 0.25) is 10.0 Å². The molecule has 2 N–H and O–H groups in total. The fourth-order valence-electron chi connectivity index (χ4n) is 2.71. The molecule has 1 aromatic rings. The number of piperidine rings is 1. The summed E-state index contributed by atoms with van der Waals surface area (Å²) in [6.07, 6.45) is 3.04. The second-order valence-corrected chi connectivity index (χ2v) is 7.65. The van der Waals surface area contributed by atoms with Gasteiger partial charge in [0, 0.05) is 18.8 Å². The van der Waals surface area contributed by atoms with Crippen molar-refractivity contribution < 1.29 is 8.42 Å². The van der Waals surface area contributed by atoms with Gasteiger partial charge in [-0.3, -0.25) is 0 Å². The Morgan fingerprint density at radius 3 is 2.35 bits per heavy atom. The van der Waals surface area contributed by atoms with Gasteiger partial charge in [-0.25, -0.2) is 8.42 Å². The minimum absolute atomic E-state index is 0.327. The molecule has 0 aliphatic carbocycles. The number of aryl methyl sites for hydroxylation is 1. The van der Waals surface area contributed by atoms with E-state index in [9.17, 15) is 8.42 Å². The second-order valence-electron chi connectivity index (χ2n) is 5.71. The van der Waals surface area contributed by atoms with Crippen molar-refractivity contribution in [1.82, 2.24) is 4.31 Å². The van der Waals surface area contributed by atoms with Gasteiger partial charge in [0.15, 0.2) is 0 Å². The molecule has 0 bridgehead atoms. The average Bonchev–Trinajstić information content (AvgIpc) is 2.44. The fraction of sp³-hybridized carbons (Fsp3) is 0.600. The van der Waals surface area contributed by atoms with E-state index in [-0.39, 0.29) is 0 Å². The summed E-state index contributed by atoms with van der Waals surface area (Å²) in [6, 6.07) is 3.32. The van der Waals surface area contributed by atoms with E-state index in [0.717, 1.165) is 30.4 Å². The van der Waals surface area contributed by atoms with Crippen LogP contribution in [0.3, 0.4) is 0 Å². The Morgan fingerprint density at radius 1 is 1.25 bits per heavy atom. The topological polar surface area (TPSA) is 63.4 Å². The van der Waals surface area contributed by atoms with Gasteiger partial charge in [-0.15, -0.1) is 0 Å². The Bertz CT molecular complexity index is 565. The van der Waals surface area contributed by atoms with Gasteiger partial charge in [-0.2, -0.15) is 4.31 Å². The van der Waals surface area contributed by atoms with Crippen LogP contribution in [-0.4, -0.2) is 25.8 Å². The molecule has 1 saturated heterocycles. The van der Waals surface area contributed by atoms with Crippen molar-refractivity contribution in [3.05, 3.63) is 23.3 Å². The van der Waals surface area contributed by atoms with Crippen LogP contribution in [-0.2, 0) is 10.0 Å². The molecule has 0 atom stereocenters. The summed E-state index contributed by atoms with van der Waals surface area (Å²) in [5.41, 5.74) is 8.33. The number of nitrogens with zero attached hydrogens (tertiary/aromatic N) is 1. The minimum atomic E-state index is -3.40. The van der Waals surface area contributed by atoms with Crippen molar-refractivity contribution in [1.29, 1.82) is 0 Å². The maximum absolute atomic E-state index is 12.7. The van der Waals surface area contributed by atoms with Crippen LogP contribution in [0.25, 0.3) is 0 Å². The van der Waals surface area contributed by atoms with Crippen molar-refractivity contribution >= 4 is 15.7 Å². The molecule has 1 aliphatic rings. The van der Waals surface area contributed by atoms with Gasteiger partial charge in [-0.05, 0) is 55.9 Å². The van der Waals surface area contributed by atoms with Crippen LogP contribution in [0, 0.1) is 19.8 Å². The molecule has 0 saturated carbocycles. The molecule has 1 heterocycles. The van der Waals surface area contributed by atoms with Crippen molar-refractivity contribution in [2.45, 2.75) is 44.9 Å². The smallest absolute Gasteiger partial charge is 0.243 e. The molecule has 112 valence electrons. The molecular formula is C15H24N2O2S. The van der Waals surface area contributed by atoms with Crippen LogP contribution >= 0.6 is 0 Å². The summed E-state index contributed by atoms with van der Waals surface area (Å²) in [5.74, 6) is 0.659. The Morgan fingerprint density at radius 2 is 1.85 bits per heavy atom. The third-order valence-corrected chi connectivity index (χ3v) is 6.35. The lowest BCUT2D eigenvalue weighted by Gasteiger charge is -2.30. The highest BCUT2D eigenvalue weighted by atomic mass is 32.2. The lowest BCUT2D eigenvalue weighted by Crippen LogP contribution is -2.38. The molecule has 20 heavy (non-hydrogen) atoms. The van der Waals surface area contributed by atoms with E-state index in [1.807, 2.05) is 13.8 Å². The van der Waals surface area contributed by atoms with Crippen molar-refractivity contribution in [3.8, 4) is 0 Å². The zero-order chi connectivity index (χ0) is 14.9. The van der Waals surface area contributed by atoms with E-state index < -0.39 is 10.0 Å². The van der Waals surface area contributed by atoms with E-state index in [4.69, 9.17) is 5.73 Å². The van der Waals surface area contributed by atoms with Gasteiger partial charge in [0.25, 0.3) is 0 Å². The molecule has 1 fully saturated rings. The SMILES string of the molecule is CCC1CCN(S(=O)(=O)c2cc(C)c(C)c(N)c2)CC1. The molecule has 0 aromatic heterocycles. The zero-order valence-corrected chi connectivity index (χ0v) is 13.3. The molecule has 0 unspecified atom stereocenters. The molecule has 1 aromatic carbocycles. The van der Waals surface area contributed by atoms with Crippen LogP contribution in [0.5, 0.6) is 0 Å². The first kappa shape index (κ1) is 15.3. The molecule has 4 nitrogen and oxygen atoms in total. The van der Waals surface area contributed by atoms with Gasteiger partial charge in [0.1, 0.15) is 0 Å². The first-order valence-corrected chi connectivity index (χ1v) is 8.67. The largest absolute Gasteiger partial charge is 0.398 e. The molecule has 1 aliphatic heterocycles. The van der Waals surface area contributed by atoms with Gasteiger partial charge in [0.05, 0.1) is 4.90 Å². The highest BCUT2D eigenvalue weighted by molar-refractivity contribution is 7.89. The van der Waals surface area contributed by atoms with Crippen molar-refractivity contribution in [2.75, 3.05) is 18.8 Å². The van der Waals surface area contributed by atoms with Crippen molar-refractivity contribution in [3.63, 3.8) is 0 Å². The summed E-state index contributed by atoms with van der Waals surface area (Å²) in [6.45, 7) is 7.21. The number of nitrogen functional groups attached to an aromatic ring is 1. The third-order valence-electron chi connectivity index (χ3n) is 4.47. The number of benzene rings is 1.